The Labute approximate surface area is 166 Å². The van der Waals surface area contributed by atoms with Gasteiger partial charge in [-0.2, -0.15) is 0 Å². The molecule has 0 saturated carbocycles. The molecule has 3 amide bonds. The Morgan fingerprint density at radius 3 is 2.03 bits per heavy atom. The van der Waals surface area contributed by atoms with Gasteiger partial charge in [0.25, 0.3) is 11.8 Å². The molecule has 0 spiro atoms. The lowest BCUT2D eigenvalue weighted by Gasteiger charge is -2.52. The number of benzene rings is 1. The van der Waals surface area contributed by atoms with E-state index in [9.17, 15) is 24.3 Å². The highest BCUT2D eigenvalue weighted by molar-refractivity contribution is 6.23. The van der Waals surface area contributed by atoms with Gasteiger partial charge in [0.2, 0.25) is 5.91 Å². The predicted octanol–water partition coefficient (Wildman–Crippen LogP) is 1.74. The Balaban J connectivity index is 1.78. The van der Waals surface area contributed by atoms with Crippen molar-refractivity contribution in [2.45, 2.75) is 32.0 Å². The first-order valence-electron chi connectivity index (χ1n) is 9.27. The van der Waals surface area contributed by atoms with Gasteiger partial charge in [0.1, 0.15) is 18.1 Å². The quantitative estimate of drug-likeness (QED) is 0.612. The van der Waals surface area contributed by atoms with Gasteiger partial charge in [-0.1, -0.05) is 32.0 Å². The van der Waals surface area contributed by atoms with Gasteiger partial charge >= 0.3 is 5.97 Å². The Kier molecular flexibility index (Phi) is 4.41. The summed E-state index contributed by atoms with van der Waals surface area (Å²) in [7, 11) is 0. The monoisotopic (exact) mass is 393 g/mol. The summed E-state index contributed by atoms with van der Waals surface area (Å²) in [4.78, 5) is 57.2. The van der Waals surface area contributed by atoms with E-state index < -0.39 is 41.8 Å². The van der Waals surface area contributed by atoms with Gasteiger partial charge in [0.15, 0.2) is 0 Å². The summed E-state index contributed by atoms with van der Waals surface area (Å²) < 4.78 is 0. The Morgan fingerprint density at radius 1 is 0.966 bits per heavy atom. The normalized spacial score (nSPS) is 22.0. The zero-order chi connectivity index (χ0) is 20.9. The molecule has 2 aromatic rings. The van der Waals surface area contributed by atoms with Crippen molar-refractivity contribution in [3.63, 3.8) is 0 Å². The SMILES string of the molecule is CC(C)[C@@H](C(=O)O)N1C(=O)[C@H](N2C(=O)c3ccccc3C2=O)[C@@H]1c1ccccn1. The number of carboxylic acid groups (broad SMARTS) is 1. The molecule has 148 valence electrons. The van der Waals surface area contributed by atoms with Crippen molar-refractivity contribution in [1.29, 1.82) is 0 Å². The Morgan fingerprint density at radius 2 is 1.55 bits per heavy atom. The molecule has 1 fully saturated rings. The van der Waals surface area contributed by atoms with E-state index in [0.29, 0.717) is 5.69 Å². The predicted molar refractivity (Wildman–Crippen MR) is 101 cm³/mol. The van der Waals surface area contributed by atoms with E-state index in [1.54, 1.807) is 56.3 Å². The fourth-order valence-corrected chi connectivity index (χ4v) is 4.10. The second-order valence-corrected chi connectivity index (χ2v) is 7.44. The molecule has 3 atom stereocenters. The second kappa shape index (κ2) is 6.80. The summed E-state index contributed by atoms with van der Waals surface area (Å²) in [5.41, 5.74) is 0.907. The summed E-state index contributed by atoms with van der Waals surface area (Å²) >= 11 is 0. The number of carbonyl (C=O) groups is 4. The van der Waals surface area contributed by atoms with Crippen molar-refractivity contribution < 1.29 is 24.3 Å². The number of aromatic nitrogens is 1. The van der Waals surface area contributed by atoms with Crippen LogP contribution in [0.2, 0.25) is 0 Å². The molecule has 0 aliphatic carbocycles. The van der Waals surface area contributed by atoms with Crippen molar-refractivity contribution in [2.75, 3.05) is 0 Å². The maximum atomic E-state index is 13.1. The number of carboxylic acids is 1. The van der Waals surface area contributed by atoms with Crippen molar-refractivity contribution in [3.8, 4) is 0 Å². The van der Waals surface area contributed by atoms with Gasteiger partial charge in [0.05, 0.1) is 16.8 Å². The average molecular weight is 393 g/mol. The van der Waals surface area contributed by atoms with E-state index in [0.717, 1.165) is 4.90 Å². The van der Waals surface area contributed by atoms with Crippen molar-refractivity contribution in [2.24, 2.45) is 5.92 Å². The first-order chi connectivity index (χ1) is 13.8. The number of hydrogen-bond acceptors (Lipinski definition) is 5. The third kappa shape index (κ3) is 2.71. The molecule has 8 nitrogen and oxygen atoms in total. The number of fused-ring (bicyclic) bond motifs is 1. The molecule has 2 aliphatic heterocycles. The number of aliphatic carboxylic acids is 1. The lowest BCUT2D eigenvalue weighted by atomic mass is 9.85. The molecule has 0 unspecified atom stereocenters. The summed E-state index contributed by atoms with van der Waals surface area (Å²) in [6.45, 7) is 3.41. The van der Waals surface area contributed by atoms with Crippen LogP contribution < -0.4 is 0 Å². The number of β-lactam (4-membered cyclic amide) rings is 1. The fourth-order valence-electron chi connectivity index (χ4n) is 4.10. The fraction of sp³-hybridized carbons (Fsp3) is 0.286. The minimum absolute atomic E-state index is 0.238. The molecular formula is C21H19N3O5. The zero-order valence-electron chi connectivity index (χ0n) is 15.9. The largest absolute Gasteiger partial charge is 0.480 e. The number of carbonyl (C=O) groups excluding carboxylic acids is 3. The summed E-state index contributed by atoms with van der Waals surface area (Å²) in [5, 5.41) is 9.70. The third-order valence-corrected chi connectivity index (χ3v) is 5.38. The summed E-state index contributed by atoms with van der Waals surface area (Å²) in [6.07, 6.45) is 1.53. The van der Waals surface area contributed by atoms with Gasteiger partial charge in [-0.3, -0.25) is 24.3 Å². The van der Waals surface area contributed by atoms with Gasteiger partial charge in [-0.25, -0.2) is 4.79 Å². The van der Waals surface area contributed by atoms with Gasteiger partial charge in [-0.05, 0) is 30.2 Å². The first kappa shape index (κ1) is 18.8. The number of nitrogens with zero attached hydrogens (tertiary/aromatic N) is 3. The van der Waals surface area contributed by atoms with Crippen molar-refractivity contribution in [3.05, 3.63) is 65.5 Å². The Hall–Kier alpha value is -3.55. The van der Waals surface area contributed by atoms with Crippen molar-refractivity contribution in [1.82, 2.24) is 14.8 Å². The lowest BCUT2D eigenvalue weighted by molar-refractivity contribution is -0.172. The highest BCUT2D eigenvalue weighted by Gasteiger charge is 2.60. The maximum Gasteiger partial charge on any atom is 0.326 e. The molecule has 0 radical (unpaired) electrons. The van der Waals surface area contributed by atoms with E-state index in [2.05, 4.69) is 4.98 Å². The van der Waals surface area contributed by atoms with Gasteiger partial charge in [-0.15, -0.1) is 0 Å². The van der Waals surface area contributed by atoms with Crippen LogP contribution in [0.1, 0.15) is 46.3 Å². The maximum absolute atomic E-state index is 13.1. The number of imide groups is 1. The van der Waals surface area contributed by atoms with Crippen LogP contribution in [-0.2, 0) is 9.59 Å². The number of rotatable bonds is 5. The van der Waals surface area contributed by atoms with Crippen molar-refractivity contribution >= 4 is 23.7 Å². The van der Waals surface area contributed by atoms with Crippen LogP contribution in [0.4, 0.5) is 0 Å². The first-order valence-corrected chi connectivity index (χ1v) is 9.27. The molecule has 8 heteroatoms. The number of pyridine rings is 1. The minimum atomic E-state index is -1.14. The summed E-state index contributed by atoms with van der Waals surface area (Å²) in [5.74, 6) is -3.20. The van der Waals surface area contributed by atoms with Crippen LogP contribution in [0.25, 0.3) is 0 Å². The van der Waals surface area contributed by atoms with Crippen LogP contribution in [-0.4, -0.2) is 55.7 Å². The van der Waals surface area contributed by atoms with Crippen LogP contribution in [0, 0.1) is 5.92 Å². The molecule has 2 aliphatic rings. The molecule has 4 rings (SSSR count). The topological polar surface area (TPSA) is 108 Å². The van der Waals surface area contributed by atoms with E-state index in [4.69, 9.17) is 0 Å². The van der Waals surface area contributed by atoms with Gasteiger partial charge < -0.3 is 10.0 Å². The van der Waals surface area contributed by atoms with E-state index in [1.165, 1.54) is 11.1 Å². The van der Waals surface area contributed by atoms with E-state index in [-0.39, 0.29) is 17.0 Å². The zero-order valence-corrected chi connectivity index (χ0v) is 15.9. The minimum Gasteiger partial charge on any atom is -0.480 e. The highest BCUT2D eigenvalue weighted by Crippen LogP contribution is 2.43. The smallest absolute Gasteiger partial charge is 0.326 e. The summed E-state index contributed by atoms with van der Waals surface area (Å²) in [6, 6.07) is 8.41. The van der Waals surface area contributed by atoms with Crippen LogP contribution >= 0.6 is 0 Å². The van der Waals surface area contributed by atoms with Crippen LogP contribution in [0.15, 0.2) is 48.7 Å². The standard InChI is InChI=1S/C21H19N3O5/c1-11(2)15(21(28)29)23-16(14-9-5-6-10-22-14)17(20(23)27)24-18(25)12-7-3-4-8-13(12)19(24)26/h3-11,15-17H,1-2H3,(H,28,29)/t15-,16-,17+/m0/s1. The van der Waals surface area contributed by atoms with E-state index >= 15 is 0 Å². The molecular weight excluding hydrogens is 374 g/mol. The molecule has 3 heterocycles. The van der Waals surface area contributed by atoms with Gasteiger partial charge in [0, 0.05) is 6.20 Å². The molecule has 1 aromatic heterocycles. The lowest BCUT2D eigenvalue weighted by Crippen LogP contribution is -2.71. The molecule has 1 saturated heterocycles. The number of likely N-dealkylation sites (tertiary alicyclic amines) is 1. The molecule has 0 bridgehead atoms. The molecule has 1 N–H and O–H groups in total. The van der Waals surface area contributed by atoms with E-state index in [1.807, 2.05) is 0 Å². The van der Waals surface area contributed by atoms with Crippen LogP contribution in [0.5, 0.6) is 0 Å². The number of hydrogen-bond donors (Lipinski definition) is 1. The number of amides is 3. The average Bonchev–Trinajstić information content (AvgIpc) is 2.95. The van der Waals surface area contributed by atoms with Crippen LogP contribution in [0.3, 0.4) is 0 Å². The Bertz CT molecular complexity index is 985. The second-order valence-electron chi connectivity index (χ2n) is 7.44. The third-order valence-electron chi connectivity index (χ3n) is 5.38. The molecule has 1 aromatic carbocycles. The molecule has 29 heavy (non-hydrogen) atoms. The highest BCUT2D eigenvalue weighted by atomic mass is 16.4.